The van der Waals surface area contributed by atoms with Gasteiger partial charge < -0.3 is 15.1 Å². The summed E-state index contributed by atoms with van der Waals surface area (Å²) >= 11 is 0. The van der Waals surface area contributed by atoms with Gasteiger partial charge in [0, 0.05) is 38.4 Å². The van der Waals surface area contributed by atoms with E-state index in [2.05, 4.69) is 10.2 Å². The summed E-state index contributed by atoms with van der Waals surface area (Å²) in [4.78, 5) is 28.3. The van der Waals surface area contributed by atoms with Crippen molar-refractivity contribution in [2.45, 2.75) is 11.3 Å². The number of rotatable bonds is 5. The van der Waals surface area contributed by atoms with E-state index in [-0.39, 0.29) is 11.4 Å². The molecule has 0 unspecified atom stereocenters. The molecule has 8 nitrogen and oxygen atoms in total. The Balaban J connectivity index is 1.43. The summed E-state index contributed by atoms with van der Waals surface area (Å²) in [6.07, 6.45) is 0.478. The first kappa shape index (κ1) is 20.8. The van der Waals surface area contributed by atoms with Gasteiger partial charge in [-0.1, -0.05) is 30.3 Å². The zero-order valence-electron chi connectivity index (χ0n) is 16.0. The van der Waals surface area contributed by atoms with Crippen LogP contribution in [0.1, 0.15) is 5.56 Å². The third-order valence-corrected chi connectivity index (χ3v) is 5.76. The van der Waals surface area contributed by atoms with E-state index >= 15 is 0 Å². The quantitative estimate of drug-likeness (QED) is 0.683. The van der Waals surface area contributed by atoms with Crippen LogP contribution in [0.25, 0.3) is 0 Å². The fourth-order valence-electron chi connectivity index (χ4n) is 3.19. The van der Waals surface area contributed by atoms with Gasteiger partial charge in [-0.25, -0.2) is 13.6 Å². The Morgan fingerprint density at radius 2 is 1.55 bits per heavy atom. The lowest BCUT2D eigenvalue weighted by molar-refractivity contribution is -0.146. The van der Waals surface area contributed by atoms with Crippen LogP contribution < -0.4 is 15.4 Å². The van der Waals surface area contributed by atoms with Crippen molar-refractivity contribution in [3.05, 3.63) is 60.2 Å². The molecule has 29 heavy (non-hydrogen) atoms. The molecule has 3 rings (SSSR count). The molecule has 0 aliphatic carbocycles. The SMILES string of the molecule is NS(=O)(=O)c1ccc(CCNC(=O)C(=O)N2CCN(c3ccccc3)CC2)cc1. The van der Waals surface area contributed by atoms with Crippen molar-refractivity contribution in [3.8, 4) is 0 Å². The monoisotopic (exact) mass is 416 g/mol. The number of benzene rings is 2. The fourth-order valence-corrected chi connectivity index (χ4v) is 3.71. The zero-order valence-corrected chi connectivity index (χ0v) is 16.8. The molecule has 0 bridgehead atoms. The molecule has 1 aliphatic rings. The topological polar surface area (TPSA) is 113 Å². The van der Waals surface area contributed by atoms with Gasteiger partial charge in [-0.2, -0.15) is 0 Å². The number of primary sulfonamides is 1. The van der Waals surface area contributed by atoms with Crippen LogP contribution in [0.2, 0.25) is 0 Å². The second-order valence-corrected chi connectivity index (χ2v) is 8.37. The van der Waals surface area contributed by atoms with Crippen LogP contribution in [0, 0.1) is 0 Å². The van der Waals surface area contributed by atoms with E-state index in [0.717, 1.165) is 11.3 Å². The maximum Gasteiger partial charge on any atom is 0.312 e. The van der Waals surface area contributed by atoms with Crippen molar-refractivity contribution in [3.63, 3.8) is 0 Å². The zero-order chi connectivity index (χ0) is 20.9. The molecule has 1 aliphatic heterocycles. The molecule has 0 radical (unpaired) electrons. The van der Waals surface area contributed by atoms with Crippen molar-refractivity contribution >= 4 is 27.5 Å². The number of para-hydroxylation sites is 1. The van der Waals surface area contributed by atoms with Crippen LogP contribution >= 0.6 is 0 Å². The molecule has 3 N–H and O–H groups in total. The van der Waals surface area contributed by atoms with Crippen LogP contribution in [0.4, 0.5) is 5.69 Å². The van der Waals surface area contributed by atoms with Crippen molar-refractivity contribution in [2.75, 3.05) is 37.6 Å². The Labute approximate surface area is 170 Å². The molecule has 1 fully saturated rings. The van der Waals surface area contributed by atoms with Crippen LogP contribution in [-0.2, 0) is 26.0 Å². The first-order valence-electron chi connectivity index (χ1n) is 9.33. The molecule has 1 heterocycles. The molecular weight excluding hydrogens is 392 g/mol. The summed E-state index contributed by atoms with van der Waals surface area (Å²) in [6.45, 7) is 2.63. The number of carbonyl (C=O) groups is 2. The van der Waals surface area contributed by atoms with Gasteiger partial charge in [0.15, 0.2) is 0 Å². The van der Waals surface area contributed by atoms with Gasteiger partial charge in [0.05, 0.1) is 4.90 Å². The molecular formula is C20H24N4O4S. The third-order valence-electron chi connectivity index (χ3n) is 4.83. The minimum atomic E-state index is -3.72. The lowest BCUT2D eigenvalue weighted by Gasteiger charge is -2.35. The highest BCUT2D eigenvalue weighted by Crippen LogP contribution is 2.15. The van der Waals surface area contributed by atoms with Crippen LogP contribution in [0.3, 0.4) is 0 Å². The van der Waals surface area contributed by atoms with E-state index in [9.17, 15) is 18.0 Å². The van der Waals surface area contributed by atoms with Crippen molar-refractivity contribution in [2.24, 2.45) is 5.14 Å². The Morgan fingerprint density at radius 1 is 0.931 bits per heavy atom. The molecule has 1 saturated heterocycles. The molecule has 0 saturated carbocycles. The Hall–Kier alpha value is -2.91. The number of amides is 2. The summed E-state index contributed by atoms with van der Waals surface area (Å²) in [5.41, 5.74) is 1.94. The van der Waals surface area contributed by atoms with E-state index in [1.165, 1.54) is 12.1 Å². The number of sulfonamides is 1. The van der Waals surface area contributed by atoms with Gasteiger partial charge in [-0.05, 0) is 36.2 Å². The minimum Gasteiger partial charge on any atom is -0.368 e. The molecule has 2 aromatic rings. The highest BCUT2D eigenvalue weighted by Gasteiger charge is 2.25. The van der Waals surface area contributed by atoms with E-state index in [1.807, 2.05) is 30.3 Å². The summed E-state index contributed by atoms with van der Waals surface area (Å²) in [5, 5.41) is 7.69. The number of hydrogen-bond acceptors (Lipinski definition) is 5. The molecule has 154 valence electrons. The van der Waals surface area contributed by atoms with E-state index in [4.69, 9.17) is 5.14 Å². The second kappa shape index (κ2) is 9.06. The number of carbonyl (C=O) groups excluding carboxylic acids is 2. The van der Waals surface area contributed by atoms with Gasteiger partial charge in [0.25, 0.3) is 0 Å². The predicted molar refractivity (Wildman–Crippen MR) is 110 cm³/mol. The number of nitrogens with two attached hydrogens (primary N) is 1. The molecule has 9 heteroatoms. The standard InChI is InChI=1S/C20H24N4O4S/c21-29(27,28)18-8-6-16(7-9-18)10-11-22-19(25)20(26)24-14-12-23(13-15-24)17-4-2-1-3-5-17/h1-9H,10-15H2,(H,22,25)(H2,21,27,28). The summed E-state index contributed by atoms with van der Waals surface area (Å²) < 4.78 is 22.5. The highest BCUT2D eigenvalue weighted by molar-refractivity contribution is 7.89. The lowest BCUT2D eigenvalue weighted by atomic mass is 10.1. The van der Waals surface area contributed by atoms with Gasteiger partial charge in [0.1, 0.15) is 0 Å². The maximum absolute atomic E-state index is 12.4. The molecule has 0 spiro atoms. The Kier molecular flexibility index (Phi) is 6.50. The van der Waals surface area contributed by atoms with Gasteiger partial charge in [0.2, 0.25) is 10.0 Å². The fraction of sp³-hybridized carbons (Fsp3) is 0.300. The minimum absolute atomic E-state index is 0.0371. The maximum atomic E-state index is 12.4. The predicted octanol–water partition coefficient (Wildman–Crippen LogP) is 0.342. The third kappa shape index (κ3) is 5.55. The summed E-state index contributed by atoms with van der Waals surface area (Å²) in [7, 11) is -3.72. The Bertz CT molecular complexity index is 954. The molecule has 2 amide bonds. The summed E-state index contributed by atoms with van der Waals surface area (Å²) in [5.74, 6) is -1.15. The van der Waals surface area contributed by atoms with Crippen molar-refractivity contribution < 1.29 is 18.0 Å². The number of hydrogen-bond donors (Lipinski definition) is 2. The van der Waals surface area contributed by atoms with E-state index in [1.54, 1.807) is 17.0 Å². The average Bonchev–Trinajstić information content (AvgIpc) is 2.73. The largest absolute Gasteiger partial charge is 0.368 e. The van der Waals surface area contributed by atoms with Crippen molar-refractivity contribution in [1.82, 2.24) is 10.2 Å². The van der Waals surface area contributed by atoms with Crippen LogP contribution in [-0.4, -0.2) is 57.9 Å². The highest BCUT2D eigenvalue weighted by atomic mass is 32.2. The number of piperazine rings is 1. The second-order valence-electron chi connectivity index (χ2n) is 6.81. The van der Waals surface area contributed by atoms with Crippen molar-refractivity contribution in [1.29, 1.82) is 0 Å². The molecule has 2 aromatic carbocycles. The molecule has 0 atom stereocenters. The normalized spacial score (nSPS) is 14.5. The molecule has 0 aromatic heterocycles. The van der Waals surface area contributed by atoms with E-state index in [0.29, 0.717) is 32.6 Å². The van der Waals surface area contributed by atoms with E-state index < -0.39 is 21.8 Å². The van der Waals surface area contributed by atoms with Crippen LogP contribution in [0.15, 0.2) is 59.5 Å². The van der Waals surface area contributed by atoms with Gasteiger partial charge in [-0.3, -0.25) is 9.59 Å². The summed E-state index contributed by atoms with van der Waals surface area (Å²) in [6, 6.07) is 16.1. The number of anilines is 1. The Morgan fingerprint density at radius 3 is 2.14 bits per heavy atom. The first-order chi connectivity index (χ1) is 13.8. The lowest BCUT2D eigenvalue weighted by Crippen LogP contribution is -2.52. The first-order valence-corrected chi connectivity index (χ1v) is 10.9. The number of nitrogens with zero attached hydrogens (tertiary/aromatic N) is 2. The number of nitrogens with one attached hydrogen (secondary N) is 1. The smallest absolute Gasteiger partial charge is 0.312 e. The van der Waals surface area contributed by atoms with Crippen LogP contribution in [0.5, 0.6) is 0 Å². The van der Waals surface area contributed by atoms with Gasteiger partial charge in [-0.15, -0.1) is 0 Å². The average molecular weight is 417 g/mol. The van der Waals surface area contributed by atoms with Gasteiger partial charge >= 0.3 is 11.8 Å².